The molecule has 12 aliphatic rings. The molecule has 21 amide bonds. The number of amides is 21. The number of ketones is 1. The van der Waals surface area contributed by atoms with Crippen molar-refractivity contribution in [2.24, 2.45) is 82.5 Å². The van der Waals surface area contributed by atoms with Gasteiger partial charge < -0.3 is 128 Å². The summed E-state index contributed by atoms with van der Waals surface area (Å²) in [6, 6.07) is 0. The van der Waals surface area contributed by atoms with Gasteiger partial charge in [0.25, 0.3) is 0 Å². The Hall–Kier alpha value is -12.6. The Morgan fingerprint density at radius 3 is 0.540 bits per heavy atom. The summed E-state index contributed by atoms with van der Waals surface area (Å²) in [5.74, 6) is -13.3. The number of rotatable bonds is 47. The van der Waals surface area contributed by atoms with Crippen LogP contribution in [0.4, 0.5) is 0 Å². The lowest BCUT2D eigenvalue weighted by atomic mass is 9.99. The van der Waals surface area contributed by atoms with E-state index in [1.54, 1.807) is 4.90 Å². The molecule has 12 aliphatic heterocycles. The van der Waals surface area contributed by atoms with Gasteiger partial charge in [0.1, 0.15) is 5.78 Å². The molecule has 0 saturated carbocycles. The standard InChI is InChI=1S/C45H69N13O12.C42H60N10O14.CH4/c46-3-1-2-34(59)28-16-35(60)53(22-28)10-6-49-42(67)30-18-37(62)55(24-30)12-8-51-44(69)32-20-39(64)57(26-32)14-15-58-27-33(21-40(58)65)45(70)52-9-13-56-25-31(19-38(56)63)43(68)50-7-11-54-23-29(17-36(54)61)41(66)48-5-4-47;1-65-41(63)29-17-35(57)49(23-29)9-5-45-37(59)25-13-31(53)47(19-25)7-3-43-39(61)27-15-33(55)51(21-27)11-12-52-22-28(16-34(52)56)40(62)44-4-8-48-20-26(14-32(48)54)38(60)46-6-10-50-24-30(18-36(50)58)42(64)66-2;/h28-33H,1-27,46-47H2,(H,48,66)(H,49,67)(H,50,68)(H,51,69)(H,52,70);25-30H,3-24H2,1-2H3,(H,43,61)(H,44,62)(H,45,59)(H,46,60);1H4. The highest BCUT2D eigenvalue weighted by Gasteiger charge is 2.46. The molecule has 13 N–H and O–H groups in total. The van der Waals surface area contributed by atoms with Crippen LogP contribution in [0.1, 0.15) is 97.3 Å². The number of nitrogens with zero attached hydrogens (tertiary/aromatic N) is 12. The second-order valence-electron chi connectivity index (χ2n) is 36.7. The molecule has 12 atom stereocenters. The zero-order valence-corrected chi connectivity index (χ0v) is 77.2. The minimum Gasteiger partial charge on any atom is -0.469 e. The van der Waals surface area contributed by atoms with Crippen molar-refractivity contribution in [1.29, 1.82) is 0 Å². The molecule has 0 radical (unpaired) electrons. The topological polar surface area (TPSA) is 627 Å². The molecular formula is C88H133N23O26. The van der Waals surface area contributed by atoms with Crippen LogP contribution < -0.4 is 59.3 Å². The number of ether oxygens (including phenoxy) is 2. The summed E-state index contributed by atoms with van der Waals surface area (Å²) in [6.45, 7) is 6.78. The van der Waals surface area contributed by atoms with Crippen LogP contribution >= 0.6 is 0 Å². The van der Waals surface area contributed by atoms with Gasteiger partial charge in [0, 0.05) is 312 Å². The van der Waals surface area contributed by atoms with Crippen molar-refractivity contribution in [3.05, 3.63) is 0 Å². The van der Waals surface area contributed by atoms with Crippen LogP contribution in [0.3, 0.4) is 0 Å². The molecule has 12 rings (SSSR count). The van der Waals surface area contributed by atoms with E-state index in [0.717, 1.165) is 0 Å². The normalized spacial score (nSPS) is 24.8. The van der Waals surface area contributed by atoms with E-state index in [1.807, 2.05) is 0 Å². The third-order valence-electron chi connectivity index (χ3n) is 27.2. The van der Waals surface area contributed by atoms with E-state index in [1.165, 1.54) is 68.1 Å². The first-order chi connectivity index (χ1) is 65.1. The smallest absolute Gasteiger partial charge is 0.310 e. The second kappa shape index (κ2) is 50.5. The number of nitrogens with two attached hydrogens (primary N) is 2. The number of likely N-dealkylation sites (tertiary alicyclic amines) is 12. The molecule has 12 unspecified atom stereocenters. The van der Waals surface area contributed by atoms with Gasteiger partial charge in [0.2, 0.25) is 124 Å². The monoisotopic (exact) mass is 1930 g/mol. The van der Waals surface area contributed by atoms with E-state index in [9.17, 15) is 115 Å². The van der Waals surface area contributed by atoms with Crippen molar-refractivity contribution >= 4 is 142 Å². The fourth-order valence-corrected chi connectivity index (χ4v) is 19.3. The number of nitrogens with one attached hydrogen (secondary N) is 9. The van der Waals surface area contributed by atoms with Crippen LogP contribution in [0, 0.1) is 71.0 Å². The molecule has 0 bridgehead atoms. The van der Waals surface area contributed by atoms with E-state index >= 15 is 0 Å². The molecule has 0 spiro atoms. The maximum atomic E-state index is 13.0. The largest absolute Gasteiger partial charge is 0.469 e. The molecule has 0 aromatic heterocycles. The number of carbonyl (C=O) groups is 24. The van der Waals surface area contributed by atoms with Crippen LogP contribution in [-0.2, 0) is 125 Å². The quantitative estimate of drug-likeness (QED) is 0.0252. The lowest BCUT2D eigenvalue weighted by Crippen LogP contribution is -2.41. The molecule has 12 fully saturated rings. The minimum absolute atomic E-state index is 0. The molecule has 756 valence electrons. The first-order valence-corrected chi connectivity index (χ1v) is 47.0. The summed E-state index contributed by atoms with van der Waals surface area (Å²) in [6.07, 6.45) is 1.23. The zero-order valence-electron chi connectivity index (χ0n) is 77.2. The first-order valence-electron chi connectivity index (χ1n) is 47.0. The van der Waals surface area contributed by atoms with Crippen LogP contribution in [0.2, 0.25) is 0 Å². The van der Waals surface area contributed by atoms with Gasteiger partial charge in [-0.1, -0.05) is 7.43 Å². The van der Waals surface area contributed by atoms with E-state index in [-0.39, 0.29) is 423 Å². The zero-order chi connectivity index (χ0) is 98.1. The average Bonchev–Trinajstić information content (AvgIpc) is 1.67. The summed E-state index contributed by atoms with van der Waals surface area (Å²) in [5.41, 5.74) is 10.9. The molecule has 49 nitrogen and oxygen atoms in total. The molecule has 12 saturated heterocycles. The van der Waals surface area contributed by atoms with Gasteiger partial charge in [0.15, 0.2) is 0 Å². The van der Waals surface area contributed by atoms with Gasteiger partial charge in [-0.3, -0.25) is 115 Å². The molecule has 0 aromatic carbocycles. The molecule has 0 aliphatic carbocycles. The lowest BCUT2D eigenvalue weighted by Gasteiger charge is -2.22. The van der Waals surface area contributed by atoms with E-state index in [0.29, 0.717) is 39.0 Å². The average molecular weight is 1930 g/mol. The van der Waals surface area contributed by atoms with Crippen molar-refractivity contribution in [3.8, 4) is 0 Å². The highest BCUT2D eigenvalue weighted by Crippen LogP contribution is 2.29. The van der Waals surface area contributed by atoms with Crippen molar-refractivity contribution < 1.29 is 125 Å². The highest BCUT2D eigenvalue weighted by atomic mass is 16.5. The summed E-state index contributed by atoms with van der Waals surface area (Å²) < 4.78 is 9.42. The fraction of sp³-hybridized carbons (Fsp3) is 0.727. The second-order valence-corrected chi connectivity index (χ2v) is 36.7. The molecule has 0 aromatic rings. The Bertz CT molecular complexity index is 4280. The number of carbonyl (C=O) groups excluding carboxylic acids is 24. The molecule has 12 heterocycles. The van der Waals surface area contributed by atoms with Gasteiger partial charge in [-0.05, 0) is 13.0 Å². The number of hydrogen-bond donors (Lipinski definition) is 11. The number of esters is 2. The lowest BCUT2D eigenvalue weighted by molar-refractivity contribution is -0.145. The Labute approximate surface area is 792 Å². The maximum Gasteiger partial charge on any atom is 0.310 e. The fourth-order valence-electron chi connectivity index (χ4n) is 19.3. The number of methoxy groups -OCH3 is 2. The predicted molar refractivity (Wildman–Crippen MR) is 476 cm³/mol. The Morgan fingerprint density at radius 2 is 0.372 bits per heavy atom. The summed E-state index contributed by atoms with van der Waals surface area (Å²) in [5, 5.41) is 24.9. The third kappa shape index (κ3) is 29.2. The Kier molecular flexibility index (Phi) is 39.2. The van der Waals surface area contributed by atoms with Crippen LogP contribution in [0.25, 0.3) is 0 Å². The summed E-state index contributed by atoms with van der Waals surface area (Å²) in [7, 11) is 2.53. The summed E-state index contributed by atoms with van der Waals surface area (Å²) in [4.78, 5) is 321. The summed E-state index contributed by atoms with van der Waals surface area (Å²) >= 11 is 0. The minimum atomic E-state index is -0.635. The first kappa shape index (κ1) is 106. The van der Waals surface area contributed by atoms with Crippen molar-refractivity contribution in [2.45, 2.75) is 97.3 Å². The van der Waals surface area contributed by atoms with Crippen LogP contribution in [0.5, 0.6) is 0 Å². The molecular weight excluding hydrogens is 1800 g/mol. The molecule has 49 heteroatoms. The molecule has 137 heavy (non-hydrogen) atoms. The van der Waals surface area contributed by atoms with Crippen LogP contribution in [-0.4, -0.2) is 444 Å². The number of Topliss-reactive ketones (excluding diaryl/α,β-unsaturated/α-hetero) is 1. The Balaban J connectivity index is 0.000000281. The Morgan fingerprint density at radius 1 is 0.226 bits per heavy atom. The van der Waals surface area contributed by atoms with E-state index < -0.39 is 77.0 Å². The van der Waals surface area contributed by atoms with Crippen molar-refractivity contribution in [2.75, 3.05) is 243 Å². The SMILES string of the molecule is C.COC(=O)C1CC(=O)N(CCNC(=O)C2CC(=O)N(CCNC(=O)C3CC(=O)N(CCN4CC(C(=O)NCCN5CC(C(=O)NCCN6CC(C(=O)OC)CC6=O)CC5=O)CC4=O)C3)C2)C1.NCCCC(=O)C1CC(=O)N(CCNC(=O)C2CC(=O)N(CCNC(=O)C3CC(=O)N(CCN4CC(C(=O)NCCN5CC(C(=O)NCCN6CC(C(=O)NCCN)CC6=O)CC5=O)CC4=O)C3)C2)C1. The number of hydrogen-bond acceptors (Lipinski definition) is 28. The van der Waals surface area contributed by atoms with Gasteiger partial charge in [-0.2, -0.15) is 0 Å². The van der Waals surface area contributed by atoms with Gasteiger partial charge in [-0.15, -0.1) is 0 Å². The van der Waals surface area contributed by atoms with Gasteiger partial charge >= 0.3 is 11.9 Å². The van der Waals surface area contributed by atoms with Crippen molar-refractivity contribution in [1.82, 2.24) is 107 Å². The van der Waals surface area contributed by atoms with Crippen LogP contribution in [0.15, 0.2) is 0 Å². The van der Waals surface area contributed by atoms with E-state index in [4.69, 9.17) is 20.9 Å². The third-order valence-corrected chi connectivity index (χ3v) is 27.2. The van der Waals surface area contributed by atoms with Crippen molar-refractivity contribution in [3.63, 3.8) is 0 Å². The van der Waals surface area contributed by atoms with E-state index in [2.05, 4.69) is 47.9 Å². The predicted octanol–water partition coefficient (Wildman–Crippen LogP) is -10.6. The highest BCUT2D eigenvalue weighted by molar-refractivity contribution is 5.97. The van der Waals surface area contributed by atoms with Gasteiger partial charge in [-0.25, -0.2) is 0 Å². The maximum absolute atomic E-state index is 13.0. The van der Waals surface area contributed by atoms with Gasteiger partial charge in [0.05, 0.1) is 79.3 Å².